The molecule has 0 atom stereocenters. The van der Waals surface area contributed by atoms with Crippen molar-refractivity contribution in [1.29, 1.82) is 0 Å². The van der Waals surface area contributed by atoms with E-state index in [0.29, 0.717) is 5.95 Å². The van der Waals surface area contributed by atoms with Gasteiger partial charge in [-0.25, -0.2) is 15.0 Å². The molecule has 6 heterocycles. The monoisotopic (exact) mass is 425 g/mol. The van der Waals surface area contributed by atoms with Gasteiger partial charge in [-0.05, 0) is 31.3 Å². The van der Waals surface area contributed by atoms with Gasteiger partial charge in [0, 0.05) is 73.7 Å². The number of imidazole rings is 1. The van der Waals surface area contributed by atoms with E-state index < -0.39 is 0 Å². The molecule has 1 aliphatic rings. The highest BCUT2D eigenvalue weighted by molar-refractivity contribution is 5.93. The third-order valence-corrected chi connectivity index (χ3v) is 5.96. The van der Waals surface area contributed by atoms with Gasteiger partial charge in [0.2, 0.25) is 5.95 Å². The number of anilines is 3. The molecule has 5 aromatic heterocycles. The molecule has 2 N–H and O–H groups in total. The Morgan fingerprint density at radius 3 is 2.72 bits per heavy atom. The van der Waals surface area contributed by atoms with Gasteiger partial charge in [-0.15, -0.1) is 0 Å². The van der Waals surface area contributed by atoms with Gasteiger partial charge in [0.1, 0.15) is 17.1 Å². The minimum atomic E-state index is 0.533. The molecule has 0 aromatic carbocycles. The molecule has 0 radical (unpaired) electrons. The highest BCUT2D eigenvalue weighted by Crippen LogP contribution is 2.28. The van der Waals surface area contributed by atoms with Crippen molar-refractivity contribution < 1.29 is 0 Å². The summed E-state index contributed by atoms with van der Waals surface area (Å²) in [7, 11) is 2.15. The fraction of sp³-hybridized carbons (Fsp3) is 0.217. The number of nitrogens with zero attached hydrogens (tertiary/aromatic N) is 7. The van der Waals surface area contributed by atoms with Crippen molar-refractivity contribution in [2.24, 2.45) is 0 Å². The lowest BCUT2D eigenvalue weighted by Crippen LogP contribution is -2.44. The number of hydrogen-bond donors (Lipinski definition) is 2. The minimum absolute atomic E-state index is 0.533. The summed E-state index contributed by atoms with van der Waals surface area (Å²) < 4.78 is 2.00. The molecule has 1 saturated heterocycles. The Bertz CT molecular complexity index is 1380. The van der Waals surface area contributed by atoms with Crippen LogP contribution in [0.5, 0.6) is 0 Å². The quantitative estimate of drug-likeness (QED) is 0.457. The first-order chi connectivity index (χ1) is 15.7. The van der Waals surface area contributed by atoms with Gasteiger partial charge >= 0.3 is 0 Å². The second kappa shape index (κ2) is 7.61. The highest BCUT2D eigenvalue weighted by atomic mass is 15.3. The Labute approximate surface area is 184 Å². The zero-order valence-corrected chi connectivity index (χ0v) is 17.7. The Morgan fingerprint density at radius 1 is 0.969 bits per heavy atom. The number of likely N-dealkylation sites (N-methyl/N-ethyl adjacent to an activating group) is 1. The van der Waals surface area contributed by atoms with Crippen LogP contribution in [0.3, 0.4) is 0 Å². The number of pyridine rings is 2. The number of H-pyrrole nitrogens is 1. The normalized spacial score (nSPS) is 15.0. The first-order valence-electron chi connectivity index (χ1n) is 10.7. The van der Waals surface area contributed by atoms with Gasteiger partial charge in [-0.3, -0.25) is 0 Å². The number of rotatable bonds is 4. The summed E-state index contributed by atoms with van der Waals surface area (Å²) >= 11 is 0. The maximum atomic E-state index is 4.65. The van der Waals surface area contributed by atoms with Gasteiger partial charge < -0.3 is 24.5 Å². The molecular weight excluding hydrogens is 402 g/mol. The Hall–Kier alpha value is -3.98. The van der Waals surface area contributed by atoms with Crippen LogP contribution < -0.4 is 10.2 Å². The summed E-state index contributed by atoms with van der Waals surface area (Å²) in [6.45, 7) is 4.12. The van der Waals surface area contributed by atoms with Crippen molar-refractivity contribution in [3.05, 3.63) is 61.4 Å². The van der Waals surface area contributed by atoms with Gasteiger partial charge in [0.15, 0.2) is 0 Å². The Morgan fingerprint density at radius 2 is 1.88 bits per heavy atom. The van der Waals surface area contributed by atoms with Crippen LogP contribution >= 0.6 is 0 Å². The topological polar surface area (TPSA) is 90.3 Å². The number of nitrogens with one attached hydrogen (secondary N) is 2. The van der Waals surface area contributed by atoms with E-state index in [1.807, 2.05) is 47.4 Å². The molecule has 6 rings (SSSR count). The molecule has 0 unspecified atom stereocenters. The smallest absolute Gasteiger partial charge is 0.229 e. The van der Waals surface area contributed by atoms with Crippen LogP contribution in [0.1, 0.15) is 0 Å². The molecule has 0 amide bonds. The Kier molecular flexibility index (Phi) is 4.46. The van der Waals surface area contributed by atoms with Crippen molar-refractivity contribution in [1.82, 2.24) is 34.2 Å². The largest absolute Gasteiger partial charge is 0.354 e. The van der Waals surface area contributed by atoms with Gasteiger partial charge in [-0.2, -0.15) is 4.98 Å². The maximum absolute atomic E-state index is 4.65. The molecule has 160 valence electrons. The molecule has 1 aliphatic heterocycles. The maximum Gasteiger partial charge on any atom is 0.229 e. The predicted molar refractivity (Wildman–Crippen MR) is 125 cm³/mol. The molecule has 0 spiro atoms. The van der Waals surface area contributed by atoms with Crippen molar-refractivity contribution in [2.75, 3.05) is 43.4 Å². The highest BCUT2D eigenvalue weighted by Gasteiger charge is 2.15. The van der Waals surface area contributed by atoms with Crippen molar-refractivity contribution in [3.63, 3.8) is 0 Å². The van der Waals surface area contributed by atoms with Crippen molar-refractivity contribution >= 4 is 34.1 Å². The van der Waals surface area contributed by atoms with Gasteiger partial charge in [0.25, 0.3) is 0 Å². The number of piperazine rings is 1. The number of fused-ring (bicyclic) bond motifs is 2. The summed E-state index contributed by atoms with van der Waals surface area (Å²) in [5.41, 5.74) is 4.70. The van der Waals surface area contributed by atoms with Crippen LogP contribution in [0.2, 0.25) is 0 Å². The molecule has 9 nitrogen and oxygen atoms in total. The second-order valence-corrected chi connectivity index (χ2v) is 8.09. The molecule has 0 bridgehead atoms. The minimum Gasteiger partial charge on any atom is -0.354 e. The first-order valence-corrected chi connectivity index (χ1v) is 10.7. The second-order valence-electron chi connectivity index (χ2n) is 8.09. The van der Waals surface area contributed by atoms with Gasteiger partial charge in [-0.1, -0.05) is 0 Å². The summed E-state index contributed by atoms with van der Waals surface area (Å²) in [5, 5.41) is 4.23. The number of hydrogen-bond acceptors (Lipinski definition) is 7. The van der Waals surface area contributed by atoms with E-state index in [0.717, 1.165) is 65.5 Å². The van der Waals surface area contributed by atoms with E-state index in [4.69, 9.17) is 0 Å². The van der Waals surface area contributed by atoms with Crippen molar-refractivity contribution in [3.8, 4) is 11.1 Å². The Balaban J connectivity index is 1.22. The molecule has 0 aliphatic carbocycles. The lowest BCUT2D eigenvalue weighted by atomic mass is 10.1. The fourth-order valence-electron chi connectivity index (χ4n) is 4.10. The van der Waals surface area contributed by atoms with Crippen LogP contribution in [-0.4, -0.2) is 67.4 Å². The van der Waals surface area contributed by atoms with E-state index >= 15 is 0 Å². The van der Waals surface area contributed by atoms with Crippen LogP contribution in [0.4, 0.5) is 17.5 Å². The predicted octanol–water partition coefficient (Wildman–Crippen LogP) is 3.16. The third-order valence-electron chi connectivity index (χ3n) is 5.96. The molecular formula is C23H23N9. The number of aromatic amines is 1. The van der Waals surface area contributed by atoms with E-state index in [-0.39, 0.29) is 0 Å². The average molecular weight is 426 g/mol. The van der Waals surface area contributed by atoms with E-state index in [2.05, 4.69) is 59.3 Å². The van der Waals surface area contributed by atoms with Crippen LogP contribution in [0, 0.1) is 0 Å². The fourth-order valence-corrected chi connectivity index (χ4v) is 4.10. The van der Waals surface area contributed by atoms with Crippen molar-refractivity contribution in [2.45, 2.75) is 0 Å². The first kappa shape index (κ1) is 18.8. The summed E-state index contributed by atoms with van der Waals surface area (Å²) in [6.07, 6.45) is 11.4. The summed E-state index contributed by atoms with van der Waals surface area (Å²) in [6, 6.07) is 8.13. The SMILES string of the molecule is CN1CCN(c2ccc(Nc3ncc4c(-c5ccc6nccn6c5)c[nH]c4n3)cn2)CC1. The zero-order valence-electron chi connectivity index (χ0n) is 17.7. The van der Waals surface area contributed by atoms with Crippen LogP contribution in [0.15, 0.2) is 61.4 Å². The zero-order chi connectivity index (χ0) is 21.5. The van der Waals surface area contributed by atoms with Crippen LogP contribution in [-0.2, 0) is 0 Å². The van der Waals surface area contributed by atoms with E-state index in [9.17, 15) is 0 Å². The molecule has 9 heteroatoms. The standard InChI is InChI=1S/C23H23N9/c1-30-8-10-31(11-9-30)21-5-3-17(12-25-21)28-23-27-14-19-18(13-26-22(19)29-23)16-2-4-20-24-6-7-32(20)15-16/h2-7,12-15H,8-11H2,1H3,(H2,26,27,28,29). The number of aromatic nitrogens is 6. The molecule has 0 saturated carbocycles. The molecule has 1 fully saturated rings. The summed E-state index contributed by atoms with van der Waals surface area (Å²) in [4.78, 5) is 26.0. The lowest BCUT2D eigenvalue weighted by Gasteiger charge is -2.33. The third kappa shape index (κ3) is 3.42. The van der Waals surface area contributed by atoms with E-state index in [1.165, 1.54) is 0 Å². The molecule has 32 heavy (non-hydrogen) atoms. The van der Waals surface area contributed by atoms with Gasteiger partial charge in [0.05, 0.1) is 11.9 Å². The summed E-state index contributed by atoms with van der Waals surface area (Å²) in [5.74, 6) is 1.54. The lowest BCUT2D eigenvalue weighted by molar-refractivity contribution is 0.312. The average Bonchev–Trinajstić information content (AvgIpc) is 3.46. The van der Waals surface area contributed by atoms with Crippen LogP contribution in [0.25, 0.3) is 27.8 Å². The van der Waals surface area contributed by atoms with E-state index in [1.54, 1.807) is 6.20 Å². The molecule has 5 aromatic rings.